The van der Waals surface area contributed by atoms with E-state index in [1.165, 1.54) is 25.5 Å². The Bertz CT molecular complexity index is 1550. The zero-order chi connectivity index (χ0) is 26.9. The van der Waals surface area contributed by atoms with Crippen LogP contribution in [-0.2, 0) is 11.3 Å². The van der Waals surface area contributed by atoms with Crippen LogP contribution < -0.4 is 10.6 Å². The maximum absolute atomic E-state index is 15.0. The fourth-order valence-corrected chi connectivity index (χ4v) is 5.22. The van der Waals surface area contributed by atoms with Gasteiger partial charge in [0.2, 0.25) is 5.91 Å². The van der Waals surface area contributed by atoms with Crippen LogP contribution in [0.3, 0.4) is 0 Å². The summed E-state index contributed by atoms with van der Waals surface area (Å²) in [5.41, 5.74) is 4.91. The molecule has 200 valence electrons. The van der Waals surface area contributed by atoms with Crippen LogP contribution in [0.5, 0.6) is 0 Å². The number of carbonyl (C=O) groups excluding carboxylic acids is 2. The SMILES string of the molecule is Cc1c(F)cc(CN2CCCCC2)cc1-c1ccc2[nH]nc(C(=O)Nc3cnccc3NC(=O)C3CC3)c2c1. The molecule has 8 nitrogen and oxygen atoms in total. The van der Waals surface area contributed by atoms with E-state index in [4.69, 9.17) is 0 Å². The predicted molar refractivity (Wildman–Crippen MR) is 149 cm³/mol. The Labute approximate surface area is 226 Å². The molecule has 0 bridgehead atoms. The van der Waals surface area contributed by atoms with Gasteiger partial charge >= 0.3 is 0 Å². The molecule has 3 N–H and O–H groups in total. The average molecular weight is 527 g/mol. The molecule has 6 rings (SSSR count). The van der Waals surface area contributed by atoms with E-state index in [1.807, 2.05) is 18.2 Å². The molecule has 0 spiro atoms. The standard InChI is InChI=1S/C30H31FN6O2/c1-18-22(13-19(14-24(18)31)17-37-11-3-2-4-12-37)21-7-8-25-23(15-21)28(36-35-25)30(39)34-27-16-32-10-9-26(27)33-29(38)20-5-6-20/h7-10,13-16,20H,2-6,11-12,17H2,1H3,(H,34,39)(H,35,36)(H,32,33,38). The molecule has 1 aliphatic carbocycles. The van der Waals surface area contributed by atoms with Crippen LogP contribution in [0.2, 0.25) is 0 Å². The number of rotatable bonds is 7. The fraction of sp³-hybridized carbons (Fsp3) is 0.333. The first kappa shape index (κ1) is 25.2. The summed E-state index contributed by atoms with van der Waals surface area (Å²) in [6.07, 6.45) is 8.43. The summed E-state index contributed by atoms with van der Waals surface area (Å²) < 4.78 is 15.0. The average Bonchev–Trinajstić information content (AvgIpc) is 3.71. The van der Waals surface area contributed by atoms with Gasteiger partial charge in [0.25, 0.3) is 5.91 Å². The number of anilines is 2. The molecule has 0 atom stereocenters. The predicted octanol–water partition coefficient (Wildman–Crippen LogP) is 5.66. The molecule has 2 fully saturated rings. The number of H-pyrrole nitrogens is 1. The third-order valence-corrected chi connectivity index (χ3v) is 7.62. The lowest BCUT2D eigenvalue weighted by molar-refractivity contribution is -0.117. The van der Waals surface area contributed by atoms with Gasteiger partial charge in [0, 0.05) is 24.0 Å². The zero-order valence-electron chi connectivity index (χ0n) is 21.9. The van der Waals surface area contributed by atoms with Crippen molar-refractivity contribution in [2.24, 2.45) is 5.92 Å². The number of fused-ring (bicyclic) bond motifs is 1. The van der Waals surface area contributed by atoms with Crippen molar-refractivity contribution in [1.29, 1.82) is 0 Å². The lowest BCUT2D eigenvalue weighted by atomic mass is 9.95. The summed E-state index contributed by atoms with van der Waals surface area (Å²) >= 11 is 0. The lowest BCUT2D eigenvalue weighted by Gasteiger charge is -2.26. The molecule has 1 saturated carbocycles. The number of nitrogens with zero attached hydrogens (tertiary/aromatic N) is 3. The highest BCUT2D eigenvalue weighted by Crippen LogP contribution is 2.33. The van der Waals surface area contributed by atoms with Gasteiger partial charge in [0.15, 0.2) is 5.69 Å². The van der Waals surface area contributed by atoms with Crippen molar-refractivity contribution in [3.05, 3.63) is 71.4 Å². The minimum atomic E-state index is -0.435. The number of hydrogen-bond donors (Lipinski definition) is 3. The van der Waals surface area contributed by atoms with E-state index in [0.717, 1.165) is 49.2 Å². The normalized spacial score (nSPS) is 15.8. The molecule has 1 aliphatic heterocycles. The monoisotopic (exact) mass is 526 g/mol. The van der Waals surface area contributed by atoms with E-state index >= 15 is 4.39 Å². The number of aromatic amines is 1. The quantitative estimate of drug-likeness (QED) is 0.288. The summed E-state index contributed by atoms with van der Waals surface area (Å²) in [4.78, 5) is 32.1. The molecule has 39 heavy (non-hydrogen) atoms. The van der Waals surface area contributed by atoms with Gasteiger partial charge < -0.3 is 10.6 Å². The minimum Gasteiger partial charge on any atom is -0.324 e. The van der Waals surface area contributed by atoms with Gasteiger partial charge in [-0.15, -0.1) is 0 Å². The highest BCUT2D eigenvalue weighted by molar-refractivity contribution is 6.13. The van der Waals surface area contributed by atoms with Gasteiger partial charge in [0.05, 0.1) is 23.1 Å². The first-order valence-electron chi connectivity index (χ1n) is 13.5. The van der Waals surface area contributed by atoms with Crippen molar-refractivity contribution in [3.63, 3.8) is 0 Å². The Morgan fingerprint density at radius 3 is 2.67 bits per heavy atom. The number of carbonyl (C=O) groups is 2. The van der Waals surface area contributed by atoms with Gasteiger partial charge in [-0.05, 0) is 98.3 Å². The molecule has 2 aromatic carbocycles. The smallest absolute Gasteiger partial charge is 0.276 e. The maximum Gasteiger partial charge on any atom is 0.276 e. The van der Waals surface area contributed by atoms with Crippen molar-refractivity contribution >= 4 is 34.1 Å². The molecule has 2 amide bonds. The number of hydrogen-bond acceptors (Lipinski definition) is 5. The van der Waals surface area contributed by atoms with Gasteiger partial charge in [-0.3, -0.25) is 24.6 Å². The number of likely N-dealkylation sites (tertiary alicyclic amines) is 1. The topological polar surface area (TPSA) is 103 Å². The van der Waals surface area contributed by atoms with Crippen LogP contribution >= 0.6 is 0 Å². The number of amides is 2. The number of nitrogens with one attached hydrogen (secondary N) is 3. The summed E-state index contributed by atoms with van der Waals surface area (Å²) in [5, 5.41) is 13.5. The third kappa shape index (κ3) is 5.40. The molecule has 2 aliphatic rings. The number of benzene rings is 2. The summed E-state index contributed by atoms with van der Waals surface area (Å²) in [6, 6.07) is 11.0. The Morgan fingerprint density at radius 1 is 1.05 bits per heavy atom. The van der Waals surface area contributed by atoms with Crippen molar-refractivity contribution in [2.75, 3.05) is 23.7 Å². The second-order valence-electron chi connectivity index (χ2n) is 10.6. The second-order valence-corrected chi connectivity index (χ2v) is 10.6. The van der Waals surface area contributed by atoms with Crippen molar-refractivity contribution in [3.8, 4) is 11.1 Å². The van der Waals surface area contributed by atoms with Crippen molar-refractivity contribution in [2.45, 2.75) is 45.6 Å². The Kier molecular flexibility index (Phi) is 6.83. The number of pyridine rings is 1. The Morgan fingerprint density at radius 2 is 1.87 bits per heavy atom. The number of halogens is 1. The third-order valence-electron chi connectivity index (χ3n) is 7.62. The van der Waals surface area contributed by atoms with Crippen LogP contribution in [0.15, 0.2) is 48.8 Å². The molecular formula is C30H31FN6O2. The van der Waals surface area contributed by atoms with Crippen molar-refractivity contribution in [1.82, 2.24) is 20.1 Å². The van der Waals surface area contributed by atoms with Crippen molar-refractivity contribution < 1.29 is 14.0 Å². The highest BCUT2D eigenvalue weighted by Gasteiger charge is 2.30. The van der Waals surface area contributed by atoms with Crippen LogP contribution in [0.25, 0.3) is 22.0 Å². The highest BCUT2D eigenvalue weighted by atomic mass is 19.1. The lowest BCUT2D eigenvalue weighted by Crippen LogP contribution is -2.29. The van der Waals surface area contributed by atoms with E-state index < -0.39 is 5.91 Å². The largest absolute Gasteiger partial charge is 0.324 e. The molecule has 1 saturated heterocycles. The Balaban J connectivity index is 1.28. The molecule has 3 heterocycles. The van der Waals surface area contributed by atoms with Crippen LogP contribution in [-0.4, -0.2) is 45.0 Å². The molecule has 4 aromatic rings. The molecule has 9 heteroatoms. The van der Waals surface area contributed by atoms with E-state index in [1.54, 1.807) is 25.3 Å². The second kappa shape index (κ2) is 10.6. The summed E-state index contributed by atoms with van der Waals surface area (Å²) in [6.45, 7) is 4.57. The van der Waals surface area contributed by atoms with Crippen LogP contribution in [0.4, 0.5) is 15.8 Å². The van der Waals surface area contributed by atoms with E-state index in [-0.39, 0.29) is 23.3 Å². The minimum absolute atomic E-state index is 0.0297. The fourth-order valence-electron chi connectivity index (χ4n) is 5.22. The summed E-state index contributed by atoms with van der Waals surface area (Å²) in [5.74, 6) is -0.698. The van der Waals surface area contributed by atoms with E-state index in [9.17, 15) is 9.59 Å². The number of piperidine rings is 1. The first-order chi connectivity index (χ1) is 19.0. The molecule has 2 aromatic heterocycles. The maximum atomic E-state index is 15.0. The molecule has 0 unspecified atom stereocenters. The van der Waals surface area contributed by atoms with Gasteiger partial charge in [-0.1, -0.05) is 12.5 Å². The van der Waals surface area contributed by atoms with Crippen LogP contribution in [0, 0.1) is 18.7 Å². The molecule has 0 radical (unpaired) electrons. The van der Waals surface area contributed by atoms with E-state index in [2.05, 4.69) is 36.8 Å². The summed E-state index contributed by atoms with van der Waals surface area (Å²) in [7, 11) is 0. The van der Waals surface area contributed by atoms with E-state index in [0.29, 0.717) is 27.8 Å². The number of aromatic nitrogens is 3. The zero-order valence-corrected chi connectivity index (χ0v) is 21.9. The van der Waals surface area contributed by atoms with Gasteiger partial charge in [-0.25, -0.2) is 4.39 Å². The van der Waals surface area contributed by atoms with Crippen LogP contribution in [0.1, 0.15) is 53.7 Å². The molecular weight excluding hydrogens is 495 g/mol. The first-order valence-corrected chi connectivity index (χ1v) is 13.5. The Hall–Kier alpha value is -4.11. The van der Waals surface area contributed by atoms with Gasteiger partial charge in [0.1, 0.15) is 5.82 Å². The van der Waals surface area contributed by atoms with Gasteiger partial charge in [-0.2, -0.15) is 5.10 Å².